The highest BCUT2D eigenvalue weighted by molar-refractivity contribution is 5.71. The fraction of sp³-hybridized carbons (Fsp3) is 0.312. The van der Waals surface area contributed by atoms with Crippen molar-refractivity contribution in [2.24, 2.45) is 0 Å². The molecule has 0 N–H and O–H groups in total. The molecule has 20 heavy (non-hydrogen) atoms. The van der Waals surface area contributed by atoms with E-state index < -0.39 is 0 Å². The number of methoxy groups -OCH3 is 1. The van der Waals surface area contributed by atoms with E-state index >= 15 is 0 Å². The molecule has 0 unspecified atom stereocenters. The molecule has 0 aromatic carbocycles. The van der Waals surface area contributed by atoms with Crippen molar-refractivity contribution in [3.8, 4) is 11.1 Å². The minimum absolute atomic E-state index is 0.202. The van der Waals surface area contributed by atoms with Crippen LogP contribution < -0.4 is 0 Å². The van der Waals surface area contributed by atoms with Crippen molar-refractivity contribution < 1.29 is 9.53 Å². The van der Waals surface area contributed by atoms with Crippen molar-refractivity contribution in [2.75, 3.05) is 7.11 Å². The number of aryl methyl sites for hydroxylation is 3. The second kappa shape index (κ2) is 6.28. The molecule has 0 aliphatic heterocycles. The van der Waals surface area contributed by atoms with Crippen LogP contribution in [0.25, 0.3) is 11.1 Å². The molecule has 4 nitrogen and oxygen atoms in total. The molecule has 0 aliphatic carbocycles. The van der Waals surface area contributed by atoms with Gasteiger partial charge >= 0.3 is 5.97 Å². The number of aromatic nitrogens is 2. The molecule has 0 saturated heterocycles. The summed E-state index contributed by atoms with van der Waals surface area (Å²) < 4.78 is 4.66. The van der Waals surface area contributed by atoms with Crippen molar-refractivity contribution in [2.45, 2.75) is 26.7 Å². The number of pyridine rings is 2. The van der Waals surface area contributed by atoms with Gasteiger partial charge in [0.2, 0.25) is 0 Å². The van der Waals surface area contributed by atoms with Crippen LogP contribution in [-0.2, 0) is 16.0 Å². The van der Waals surface area contributed by atoms with Gasteiger partial charge in [-0.2, -0.15) is 0 Å². The van der Waals surface area contributed by atoms with E-state index in [1.165, 1.54) is 7.11 Å². The van der Waals surface area contributed by atoms with E-state index in [1.807, 2.05) is 32.4 Å². The summed E-state index contributed by atoms with van der Waals surface area (Å²) in [5.41, 5.74) is 5.49. The van der Waals surface area contributed by atoms with E-state index in [9.17, 15) is 4.79 Å². The number of esters is 1. The highest BCUT2D eigenvalue weighted by atomic mass is 16.5. The number of hydrogen-bond acceptors (Lipinski definition) is 4. The Morgan fingerprint density at radius 3 is 2.40 bits per heavy atom. The largest absolute Gasteiger partial charge is 0.469 e. The fourth-order valence-electron chi connectivity index (χ4n) is 2.27. The third kappa shape index (κ3) is 3.20. The van der Waals surface area contributed by atoms with E-state index in [2.05, 4.69) is 20.8 Å². The van der Waals surface area contributed by atoms with Crippen LogP contribution in [0.3, 0.4) is 0 Å². The zero-order valence-electron chi connectivity index (χ0n) is 12.0. The molecule has 0 atom stereocenters. The Labute approximate surface area is 118 Å². The van der Waals surface area contributed by atoms with Crippen molar-refractivity contribution in [3.63, 3.8) is 0 Å². The maximum absolute atomic E-state index is 11.2. The van der Waals surface area contributed by atoms with Gasteiger partial charge in [0.25, 0.3) is 0 Å². The topological polar surface area (TPSA) is 52.1 Å². The first-order chi connectivity index (χ1) is 9.61. The van der Waals surface area contributed by atoms with E-state index in [0.717, 1.165) is 27.8 Å². The number of carbonyl (C=O) groups is 1. The summed E-state index contributed by atoms with van der Waals surface area (Å²) >= 11 is 0. The van der Waals surface area contributed by atoms with Crippen LogP contribution in [0.5, 0.6) is 0 Å². The molecular formula is C16H18N2O2. The van der Waals surface area contributed by atoms with Gasteiger partial charge in [0, 0.05) is 36.8 Å². The molecule has 0 saturated carbocycles. The lowest BCUT2D eigenvalue weighted by molar-refractivity contribution is -0.140. The second-order valence-corrected chi connectivity index (χ2v) is 4.81. The lowest BCUT2D eigenvalue weighted by atomic mass is 9.98. The summed E-state index contributed by atoms with van der Waals surface area (Å²) in [6, 6.07) is 2.07. The number of nitrogens with zero attached hydrogens (tertiary/aromatic N) is 2. The van der Waals surface area contributed by atoms with E-state index in [1.54, 1.807) is 6.20 Å². The third-order valence-electron chi connectivity index (χ3n) is 3.25. The van der Waals surface area contributed by atoms with Crippen LogP contribution in [0.2, 0.25) is 0 Å². The number of carbonyl (C=O) groups excluding carboxylic acids is 1. The molecule has 2 heterocycles. The molecule has 0 bridgehead atoms. The summed E-state index contributed by atoms with van der Waals surface area (Å²) in [4.78, 5) is 19.7. The summed E-state index contributed by atoms with van der Waals surface area (Å²) in [6.45, 7) is 4.08. The Morgan fingerprint density at radius 2 is 1.75 bits per heavy atom. The van der Waals surface area contributed by atoms with E-state index in [0.29, 0.717) is 12.8 Å². The molecule has 2 rings (SSSR count). The Bertz CT molecular complexity index is 603. The average Bonchev–Trinajstić information content (AvgIpc) is 2.45. The van der Waals surface area contributed by atoms with Gasteiger partial charge in [-0.25, -0.2) is 0 Å². The van der Waals surface area contributed by atoms with Crippen LogP contribution in [-0.4, -0.2) is 23.0 Å². The zero-order chi connectivity index (χ0) is 14.5. The first kappa shape index (κ1) is 14.2. The molecule has 0 aliphatic rings. The first-order valence-corrected chi connectivity index (χ1v) is 6.54. The molecule has 104 valence electrons. The SMILES string of the molecule is COC(=O)CCc1cncc(-c2c(C)cncc2C)c1. The van der Waals surface area contributed by atoms with Gasteiger partial charge in [-0.3, -0.25) is 14.8 Å². The van der Waals surface area contributed by atoms with E-state index in [4.69, 9.17) is 0 Å². The summed E-state index contributed by atoms with van der Waals surface area (Å²) in [5, 5.41) is 0. The molecule has 0 amide bonds. The summed E-state index contributed by atoms with van der Waals surface area (Å²) in [7, 11) is 1.40. The van der Waals surface area contributed by atoms with Gasteiger partial charge in [0.15, 0.2) is 0 Å². The van der Waals surface area contributed by atoms with Crippen LogP contribution in [0.1, 0.15) is 23.1 Å². The van der Waals surface area contributed by atoms with Crippen molar-refractivity contribution in [3.05, 3.63) is 47.5 Å². The average molecular weight is 270 g/mol. The highest BCUT2D eigenvalue weighted by Crippen LogP contribution is 2.26. The lowest BCUT2D eigenvalue weighted by Gasteiger charge is -2.10. The van der Waals surface area contributed by atoms with Crippen molar-refractivity contribution in [1.29, 1.82) is 0 Å². The number of rotatable bonds is 4. The predicted molar refractivity (Wildman–Crippen MR) is 77.3 cm³/mol. The Balaban J connectivity index is 2.28. The summed E-state index contributed by atoms with van der Waals surface area (Å²) in [5.74, 6) is -0.202. The van der Waals surface area contributed by atoms with Crippen LogP contribution in [0.4, 0.5) is 0 Å². The smallest absolute Gasteiger partial charge is 0.305 e. The molecule has 4 heteroatoms. The highest BCUT2D eigenvalue weighted by Gasteiger charge is 2.08. The monoisotopic (exact) mass is 270 g/mol. The molecule has 0 fully saturated rings. The van der Waals surface area contributed by atoms with Gasteiger partial charge in [-0.05, 0) is 48.6 Å². The maximum atomic E-state index is 11.2. The summed E-state index contributed by atoms with van der Waals surface area (Å²) in [6.07, 6.45) is 8.34. The van der Waals surface area contributed by atoms with Crippen molar-refractivity contribution in [1.82, 2.24) is 9.97 Å². The molecule has 0 radical (unpaired) electrons. The minimum Gasteiger partial charge on any atom is -0.469 e. The van der Waals surface area contributed by atoms with Gasteiger partial charge < -0.3 is 4.74 Å². The maximum Gasteiger partial charge on any atom is 0.305 e. The van der Waals surface area contributed by atoms with E-state index in [-0.39, 0.29) is 5.97 Å². The van der Waals surface area contributed by atoms with Gasteiger partial charge in [0.1, 0.15) is 0 Å². The quantitative estimate of drug-likeness (QED) is 0.802. The Hall–Kier alpha value is -2.23. The second-order valence-electron chi connectivity index (χ2n) is 4.81. The normalized spacial score (nSPS) is 10.3. The molecule has 2 aromatic heterocycles. The fourth-order valence-corrected chi connectivity index (χ4v) is 2.27. The minimum atomic E-state index is -0.202. The Kier molecular flexibility index (Phi) is 4.45. The van der Waals surface area contributed by atoms with Crippen molar-refractivity contribution >= 4 is 5.97 Å². The van der Waals surface area contributed by atoms with Crippen LogP contribution >= 0.6 is 0 Å². The molecular weight excluding hydrogens is 252 g/mol. The number of hydrogen-bond donors (Lipinski definition) is 0. The lowest BCUT2D eigenvalue weighted by Crippen LogP contribution is -2.02. The van der Waals surface area contributed by atoms with Crippen LogP contribution in [0, 0.1) is 13.8 Å². The van der Waals surface area contributed by atoms with Gasteiger partial charge in [-0.1, -0.05) is 0 Å². The standard InChI is InChI=1S/C16H18N2O2/c1-11-7-17-8-12(2)16(11)14-6-13(9-18-10-14)4-5-15(19)20-3/h6-10H,4-5H2,1-3H3. The first-order valence-electron chi connectivity index (χ1n) is 6.54. The zero-order valence-corrected chi connectivity index (χ0v) is 12.0. The molecule has 2 aromatic rings. The third-order valence-corrected chi connectivity index (χ3v) is 3.25. The van der Waals surface area contributed by atoms with Crippen LogP contribution in [0.15, 0.2) is 30.9 Å². The van der Waals surface area contributed by atoms with Gasteiger partial charge in [-0.15, -0.1) is 0 Å². The predicted octanol–water partition coefficient (Wildman–Crippen LogP) is 2.87. The van der Waals surface area contributed by atoms with Gasteiger partial charge in [0.05, 0.1) is 7.11 Å². The molecule has 0 spiro atoms. The number of ether oxygens (including phenoxy) is 1. The Morgan fingerprint density at radius 1 is 1.10 bits per heavy atom.